The highest BCUT2D eigenvalue weighted by Crippen LogP contribution is 2.47. The average Bonchev–Trinajstić information content (AvgIpc) is 1.73. The van der Waals surface area contributed by atoms with Gasteiger partial charge in [0.2, 0.25) is 0 Å². The lowest BCUT2D eigenvalue weighted by atomic mass is 10.0. The Balaban J connectivity index is 2.72. The lowest BCUT2D eigenvalue weighted by molar-refractivity contribution is -0.161. The van der Waals surface area contributed by atoms with Crippen LogP contribution >= 0.6 is 15.6 Å². The van der Waals surface area contributed by atoms with Gasteiger partial charge in [-0.25, -0.2) is 9.13 Å². The molecule has 19 heteroatoms. The Hall–Kier alpha value is -2.72. The van der Waals surface area contributed by atoms with E-state index in [1.807, 2.05) is 0 Å². The highest BCUT2D eigenvalue weighted by molar-refractivity contribution is 7.47. The maximum Gasteiger partial charge on any atom is 0.472 e. The number of ether oxygens (including phenoxy) is 4. The van der Waals surface area contributed by atoms with Crippen molar-refractivity contribution >= 4 is 39.5 Å². The zero-order chi connectivity index (χ0) is 69.4. The van der Waals surface area contributed by atoms with Crippen molar-refractivity contribution < 1.29 is 80.2 Å². The fraction of sp³-hybridized carbons (Fsp3) is 0.868. The Morgan fingerprint density at radius 2 is 0.579 bits per heavy atom. The van der Waals surface area contributed by atoms with E-state index < -0.39 is 97.5 Å². The molecule has 0 aromatic carbocycles. The molecule has 0 aromatic rings. The van der Waals surface area contributed by atoms with Crippen LogP contribution in [0.5, 0.6) is 0 Å². The lowest BCUT2D eigenvalue weighted by Crippen LogP contribution is -2.30. The predicted molar refractivity (Wildman–Crippen MR) is 384 cm³/mol. The van der Waals surface area contributed by atoms with Gasteiger partial charge in [-0.2, -0.15) is 0 Å². The second-order valence-corrected chi connectivity index (χ2v) is 29.8. The number of unbranched alkanes of at least 4 members (excludes halogenated alkanes) is 36. The number of rotatable bonds is 72. The summed E-state index contributed by atoms with van der Waals surface area (Å²) < 4.78 is 68.5. The standard InChI is InChI=1S/C76H140O17P2/c1-5-9-13-17-20-23-26-29-30-33-36-39-42-47-54-60-75(80)92-71(64-86-73(78)57-51-45-40-37-34-31-27-24-21-18-14-10-6-2)66-90-94(82,83)88-62-70(77)63-89-95(84,85)91-67-72(93-76(81)59-53-46-41-38-35-32-28-25-22-19-15-11-7-3)65-87-74(79)58-52-48-43-44-50-56-69-61-68(69)55-49-16-12-8-4/h24-25,27-30,68-72,77H,5-23,26,31-67H2,1-4H3,(H,82,83)(H,84,85)/b27-24-,28-25-,30-29-. The second-order valence-electron chi connectivity index (χ2n) is 26.9. The van der Waals surface area contributed by atoms with Crippen molar-refractivity contribution in [1.29, 1.82) is 0 Å². The highest BCUT2D eigenvalue weighted by Gasteiger charge is 2.35. The molecule has 1 rings (SSSR count). The molecular formula is C76H140O17P2. The molecule has 7 atom stereocenters. The van der Waals surface area contributed by atoms with Gasteiger partial charge in [0.25, 0.3) is 0 Å². The third-order valence-corrected chi connectivity index (χ3v) is 19.4. The summed E-state index contributed by atoms with van der Waals surface area (Å²) in [6, 6.07) is 0. The smallest absolute Gasteiger partial charge is 0.462 e. The van der Waals surface area contributed by atoms with E-state index in [0.29, 0.717) is 25.7 Å². The largest absolute Gasteiger partial charge is 0.472 e. The first-order valence-electron chi connectivity index (χ1n) is 38.7. The zero-order valence-electron chi connectivity index (χ0n) is 60.6. The number of hydrogen-bond acceptors (Lipinski definition) is 15. The minimum absolute atomic E-state index is 0.0899. The normalized spacial score (nSPS) is 16.3. The molecule has 17 nitrogen and oxygen atoms in total. The first-order valence-corrected chi connectivity index (χ1v) is 41.7. The van der Waals surface area contributed by atoms with Gasteiger partial charge in [0.1, 0.15) is 19.3 Å². The van der Waals surface area contributed by atoms with Crippen LogP contribution in [0.4, 0.5) is 0 Å². The van der Waals surface area contributed by atoms with Gasteiger partial charge in [-0.05, 0) is 121 Å². The molecule has 1 fully saturated rings. The SMILES string of the molecule is CCCCCC/C=C\CCCCCCCC(=O)OCC(COP(=O)(O)OCC(O)COP(=O)(O)OCC(COC(=O)CCCCCCCC1CC1CCCCCC)OC(=O)CCCCCCC/C=C\CCCCCC)OC(=O)CCCCCCC/C=C\CCCCCCCC. The Morgan fingerprint density at radius 3 is 0.895 bits per heavy atom. The van der Waals surface area contributed by atoms with Crippen LogP contribution in [0.15, 0.2) is 36.5 Å². The summed E-state index contributed by atoms with van der Waals surface area (Å²) in [5, 5.41) is 10.6. The maximum atomic E-state index is 13.1. The van der Waals surface area contributed by atoms with E-state index in [1.54, 1.807) is 0 Å². The topological polar surface area (TPSA) is 237 Å². The Labute approximate surface area is 578 Å². The molecule has 0 saturated heterocycles. The van der Waals surface area contributed by atoms with Crippen LogP contribution in [0.25, 0.3) is 0 Å². The van der Waals surface area contributed by atoms with Gasteiger partial charge < -0.3 is 33.8 Å². The molecule has 556 valence electrons. The van der Waals surface area contributed by atoms with E-state index in [1.165, 1.54) is 141 Å². The lowest BCUT2D eigenvalue weighted by Gasteiger charge is -2.21. The number of allylic oxidation sites excluding steroid dienone is 6. The highest BCUT2D eigenvalue weighted by atomic mass is 31.2. The van der Waals surface area contributed by atoms with Crippen molar-refractivity contribution in [2.45, 2.75) is 373 Å². The molecular weight excluding hydrogens is 1250 g/mol. The summed E-state index contributed by atoms with van der Waals surface area (Å²) in [5.74, 6) is -0.354. The van der Waals surface area contributed by atoms with Crippen molar-refractivity contribution in [3.8, 4) is 0 Å². The van der Waals surface area contributed by atoms with Crippen molar-refractivity contribution in [1.82, 2.24) is 0 Å². The van der Waals surface area contributed by atoms with Crippen molar-refractivity contribution in [3.63, 3.8) is 0 Å². The van der Waals surface area contributed by atoms with Crippen LogP contribution in [-0.2, 0) is 65.4 Å². The molecule has 0 aromatic heterocycles. The molecule has 95 heavy (non-hydrogen) atoms. The maximum absolute atomic E-state index is 13.1. The van der Waals surface area contributed by atoms with Crippen molar-refractivity contribution in [2.24, 2.45) is 11.8 Å². The van der Waals surface area contributed by atoms with E-state index in [0.717, 1.165) is 147 Å². The molecule has 0 aliphatic heterocycles. The molecule has 1 aliphatic carbocycles. The van der Waals surface area contributed by atoms with Gasteiger partial charge in [0.05, 0.1) is 26.4 Å². The van der Waals surface area contributed by atoms with Crippen molar-refractivity contribution in [2.75, 3.05) is 39.6 Å². The summed E-state index contributed by atoms with van der Waals surface area (Å²) in [6.07, 6.45) is 61.8. The van der Waals surface area contributed by atoms with Crippen LogP contribution in [0.1, 0.15) is 355 Å². The van der Waals surface area contributed by atoms with Gasteiger partial charge in [-0.15, -0.1) is 0 Å². The quantitative estimate of drug-likeness (QED) is 0.0169. The first-order chi connectivity index (χ1) is 46.1. The Kier molecular flexibility index (Phi) is 61.4. The molecule has 1 aliphatic rings. The summed E-state index contributed by atoms with van der Waals surface area (Å²) in [5.41, 5.74) is 0. The number of aliphatic hydroxyl groups is 1. The fourth-order valence-electron chi connectivity index (χ4n) is 11.4. The predicted octanol–water partition coefficient (Wildman–Crippen LogP) is 21.4. The average molecular weight is 1390 g/mol. The van der Waals surface area contributed by atoms with E-state index >= 15 is 0 Å². The summed E-state index contributed by atoms with van der Waals surface area (Å²) in [6.45, 7) is 4.90. The van der Waals surface area contributed by atoms with Gasteiger partial charge >= 0.3 is 39.5 Å². The zero-order valence-corrected chi connectivity index (χ0v) is 62.4. The number of carbonyl (C=O) groups is 4. The monoisotopic (exact) mass is 1390 g/mol. The first kappa shape index (κ1) is 90.3. The summed E-state index contributed by atoms with van der Waals surface area (Å²) >= 11 is 0. The van der Waals surface area contributed by atoms with Crippen LogP contribution in [-0.4, -0.2) is 96.7 Å². The molecule has 0 amide bonds. The number of phosphoric ester groups is 2. The number of esters is 4. The molecule has 3 N–H and O–H groups in total. The number of hydrogen-bond donors (Lipinski definition) is 3. The van der Waals surface area contributed by atoms with Crippen LogP contribution in [0, 0.1) is 11.8 Å². The number of phosphoric acid groups is 2. The number of aliphatic hydroxyl groups excluding tert-OH is 1. The minimum atomic E-state index is -4.97. The Bertz CT molecular complexity index is 2020. The summed E-state index contributed by atoms with van der Waals surface area (Å²) in [7, 11) is -9.93. The van der Waals surface area contributed by atoms with Crippen LogP contribution in [0.3, 0.4) is 0 Å². The van der Waals surface area contributed by atoms with Crippen LogP contribution < -0.4 is 0 Å². The molecule has 0 bridgehead atoms. The van der Waals surface area contributed by atoms with Gasteiger partial charge in [-0.3, -0.25) is 37.3 Å². The Morgan fingerprint density at radius 1 is 0.337 bits per heavy atom. The molecule has 1 saturated carbocycles. The summed E-state index contributed by atoms with van der Waals surface area (Å²) in [4.78, 5) is 72.9. The second kappa shape index (κ2) is 64.6. The van der Waals surface area contributed by atoms with E-state index in [-0.39, 0.29) is 25.7 Å². The number of carbonyl (C=O) groups excluding carboxylic acids is 4. The third kappa shape index (κ3) is 62.1. The van der Waals surface area contributed by atoms with Gasteiger partial charge in [-0.1, -0.05) is 257 Å². The van der Waals surface area contributed by atoms with Crippen LogP contribution in [0.2, 0.25) is 0 Å². The van der Waals surface area contributed by atoms with Crippen molar-refractivity contribution in [3.05, 3.63) is 36.5 Å². The molecule has 7 unspecified atom stereocenters. The fourth-order valence-corrected chi connectivity index (χ4v) is 13.0. The van der Waals surface area contributed by atoms with Gasteiger partial charge in [0.15, 0.2) is 12.2 Å². The van der Waals surface area contributed by atoms with Gasteiger partial charge in [0, 0.05) is 25.7 Å². The third-order valence-electron chi connectivity index (χ3n) is 17.5. The molecule has 0 spiro atoms. The van der Waals surface area contributed by atoms with E-state index in [2.05, 4.69) is 64.2 Å². The van der Waals surface area contributed by atoms with E-state index in [4.69, 9.17) is 37.0 Å². The molecule has 0 heterocycles. The molecule has 0 radical (unpaired) electrons. The van der Waals surface area contributed by atoms with E-state index in [9.17, 15) is 43.2 Å². The minimum Gasteiger partial charge on any atom is -0.462 e.